The Labute approximate surface area is 171 Å². The molecule has 6 nitrogen and oxygen atoms in total. The third kappa shape index (κ3) is 3.32. The van der Waals surface area contributed by atoms with Crippen molar-refractivity contribution in [1.29, 1.82) is 5.26 Å². The zero-order valence-electron chi connectivity index (χ0n) is 16.3. The zero-order chi connectivity index (χ0) is 21.5. The SMILES string of the molecule is C[C@]1(c2cc(NC3CCCc4cc(C#N)cnc43)ccc2F)N=C(N)OCC1(F)F. The summed E-state index contributed by atoms with van der Waals surface area (Å²) in [4.78, 5) is 8.16. The van der Waals surface area contributed by atoms with Gasteiger partial charge in [0, 0.05) is 17.4 Å². The van der Waals surface area contributed by atoms with Gasteiger partial charge in [-0.15, -0.1) is 0 Å². The highest BCUT2D eigenvalue weighted by Crippen LogP contribution is 2.45. The highest BCUT2D eigenvalue weighted by atomic mass is 19.3. The van der Waals surface area contributed by atoms with Gasteiger partial charge in [-0.2, -0.15) is 14.0 Å². The smallest absolute Gasteiger partial charge is 0.310 e. The van der Waals surface area contributed by atoms with E-state index >= 15 is 0 Å². The molecule has 2 heterocycles. The summed E-state index contributed by atoms with van der Waals surface area (Å²) in [6, 6.07) is 7.27. The number of alkyl halides is 2. The number of aryl methyl sites for hydroxylation is 1. The van der Waals surface area contributed by atoms with Gasteiger partial charge in [-0.05, 0) is 56.0 Å². The van der Waals surface area contributed by atoms with Crippen molar-refractivity contribution in [1.82, 2.24) is 4.98 Å². The van der Waals surface area contributed by atoms with Gasteiger partial charge in [0.1, 0.15) is 11.9 Å². The van der Waals surface area contributed by atoms with E-state index < -0.39 is 29.9 Å². The molecule has 156 valence electrons. The number of fused-ring (bicyclic) bond motifs is 1. The lowest BCUT2D eigenvalue weighted by atomic mass is 9.84. The molecule has 0 spiro atoms. The minimum Gasteiger partial charge on any atom is -0.459 e. The number of aliphatic imine (C=N–C) groups is 1. The molecule has 1 aliphatic carbocycles. The van der Waals surface area contributed by atoms with E-state index in [-0.39, 0.29) is 11.6 Å². The Hall–Kier alpha value is -3.28. The fourth-order valence-electron chi connectivity index (χ4n) is 3.96. The minimum absolute atomic E-state index is 0.184. The summed E-state index contributed by atoms with van der Waals surface area (Å²) < 4.78 is 48.6. The Kier molecular flexibility index (Phi) is 4.80. The third-order valence-electron chi connectivity index (χ3n) is 5.68. The molecular weight excluding hydrogens is 395 g/mol. The number of ether oxygens (including phenoxy) is 1. The van der Waals surface area contributed by atoms with Gasteiger partial charge in [0.25, 0.3) is 6.02 Å². The van der Waals surface area contributed by atoms with Crippen molar-refractivity contribution >= 4 is 11.7 Å². The van der Waals surface area contributed by atoms with Gasteiger partial charge < -0.3 is 15.8 Å². The molecule has 9 heteroatoms. The first-order chi connectivity index (χ1) is 14.2. The quantitative estimate of drug-likeness (QED) is 0.795. The Morgan fingerprint density at radius 1 is 1.33 bits per heavy atom. The van der Waals surface area contributed by atoms with Crippen LogP contribution in [0.1, 0.15) is 48.2 Å². The number of nitrogens with zero attached hydrogens (tertiary/aromatic N) is 3. The van der Waals surface area contributed by atoms with Gasteiger partial charge in [-0.1, -0.05) is 0 Å². The van der Waals surface area contributed by atoms with Gasteiger partial charge >= 0.3 is 5.92 Å². The molecule has 1 aromatic heterocycles. The molecule has 0 bridgehead atoms. The molecule has 1 unspecified atom stereocenters. The standard InChI is InChI=1S/C21H20F3N5O/c1-20(21(23,24)11-30-19(26)29-20)15-8-14(5-6-16(15)22)28-17-4-2-3-13-7-12(9-25)10-27-18(13)17/h5-8,10,17,28H,2-4,11H2,1H3,(H2,26,29)/t17?,20-/m1/s1. The maximum Gasteiger partial charge on any atom is 0.310 e. The zero-order valence-corrected chi connectivity index (χ0v) is 16.3. The summed E-state index contributed by atoms with van der Waals surface area (Å²) in [5, 5.41) is 12.3. The topological polar surface area (TPSA) is 96.3 Å². The molecule has 3 N–H and O–H groups in total. The second kappa shape index (κ2) is 7.20. The van der Waals surface area contributed by atoms with Crippen LogP contribution < -0.4 is 11.1 Å². The van der Waals surface area contributed by atoms with E-state index in [4.69, 9.17) is 11.0 Å². The van der Waals surface area contributed by atoms with Crippen molar-refractivity contribution in [2.45, 2.75) is 43.7 Å². The number of hydrogen-bond acceptors (Lipinski definition) is 6. The molecule has 30 heavy (non-hydrogen) atoms. The summed E-state index contributed by atoms with van der Waals surface area (Å²) in [7, 11) is 0. The predicted molar refractivity (Wildman–Crippen MR) is 105 cm³/mol. The molecule has 2 aromatic rings. The molecule has 4 rings (SSSR count). The number of halogens is 3. The molecule has 2 atom stereocenters. The number of anilines is 1. The number of nitrogens with two attached hydrogens (primary N) is 1. The molecule has 0 saturated carbocycles. The van der Waals surface area contributed by atoms with Crippen LogP contribution in [0.5, 0.6) is 0 Å². The maximum atomic E-state index is 14.6. The fraction of sp³-hybridized carbons (Fsp3) is 0.381. The first-order valence-electron chi connectivity index (χ1n) is 9.55. The number of benzene rings is 1. The molecule has 0 saturated heterocycles. The molecule has 0 amide bonds. The number of amidine groups is 1. The van der Waals surface area contributed by atoms with E-state index in [9.17, 15) is 13.2 Å². The molecule has 0 radical (unpaired) electrons. The van der Waals surface area contributed by atoms with Crippen LogP contribution in [0.2, 0.25) is 0 Å². The Morgan fingerprint density at radius 2 is 2.13 bits per heavy atom. The number of hydrogen-bond donors (Lipinski definition) is 2. The van der Waals surface area contributed by atoms with Gasteiger partial charge in [0.15, 0.2) is 12.1 Å². The minimum atomic E-state index is -3.44. The number of rotatable bonds is 3. The summed E-state index contributed by atoms with van der Waals surface area (Å²) in [6.07, 6.45) is 3.97. The number of nitriles is 1. The van der Waals surface area contributed by atoms with E-state index in [1.54, 1.807) is 0 Å². The third-order valence-corrected chi connectivity index (χ3v) is 5.68. The van der Waals surface area contributed by atoms with Gasteiger partial charge in [-0.3, -0.25) is 4.98 Å². The second-order valence-corrected chi connectivity index (χ2v) is 7.68. The van der Waals surface area contributed by atoms with Crippen molar-refractivity contribution in [3.05, 3.63) is 58.7 Å². The molecule has 1 aromatic carbocycles. The Balaban J connectivity index is 1.69. The predicted octanol–water partition coefficient (Wildman–Crippen LogP) is 3.78. The average molecular weight is 415 g/mol. The van der Waals surface area contributed by atoms with Crippen LogP contribution in [0.25, 0.3) is 0 Å². The van der Waals surface area contributed by atoms with Crippen molar-refractivity contribution in [3.63, 3.8) is 0 Å². The van der Waals surface area contributed by atoms with E-state index in [1.165, 1.54) is 18.3 Å². The normalized spacial score (nSPS) is 24.8. The first kappa shape index (κ1) is 20.0. The maximum absolute atomic E-state index is 14.6. The van der Waals surface area contributed by atoms with Crippen LogP contribution in [0, 0.1) is 17.1 Å². The van der Waals surface area contributed by atoms with Crippen molar-refractivity contribution in [3.8, 4) is 6.07 Å². The van der Waals surface area contributed by atoms with Crippen LogP contribution >= 0.6 is 0 Å². The van der Waals surface area contributed by atoms with Crippen molar-refractivity contribution < 1.29 is 17.9 Å². The lowest BCUT2D eigenvalue weighted by Gasteiger charge is -2.37. The summed E-state index contributed by atoms with van der Waals surface area (Å²) >= 11 is 0. The van der Waals surface area contributed by atoms with Crippen LogP contribution in [0.4, 0.5) is 18.9 Å². The monoisotopic (exact) mass is 415 g/mol. The highest BCUT2D eigenvalue weighted by molar-refractivity contribution is 5.73. The number of aromatic nitrogens is 1. The fourth-order valence-corrected chi connectivity index (χ4v) is 3.96. The highest BCUT2D eigenvalue weighted by Gasteiger charge is 2.56. The largest absolute Gasteiger partial charge is 0.459 e. The summed E-state index contributed by atoms with van der Waals surface area (Å²) in [6.45, 7) is 0.169. The van der Waals surface area contributed by atoms with E-state index in [0.29, 0.717) is 11.3 Å². The van der Waals surface area contributed by atoms with Crippen molar-refractivity contribution in [2.75, 3.05) is 11.9 Å². The van der Waals surface area contributed by atoms with Crippen LogP contribution in [-0.4, -0.2) is 23.5 Å². The van der Waals surface area contributed by atoms with Gasteiger partial charge in [0.2, 0.25) is 0 Å². The summed E-state index contributed by atoms with van der Waals surface area (Å²) in [5.41, 5.74) is 5.77. The lowest BCUT2D eigenvalue weighted by Crippen LogP contribution is -2.51. The molecule has 0 fully saturated rings. The van der Waals surface area contributed by atoms with E-state index in [2.05, 4.69) is 26.1 Å². The molecule has 2 aliphatic rings. The number of pyridine rings is 1. The van der Waals surface area contributed by atoms with Crippen LogP contribution in [-0.2, 0) is 16.7 Å². The Bertz CT molecular complexity index is 1070. The van der Waals surface area contributed by atoms with Gasteiger partial charge in [0.05, 0.1) is 17.3 Å². The Morgan fingerprint density at radius 3 is 2.90 bits per heavy atom. The van der Waals surface area contributed by atoms with E-state index in [0.717, 1.165) is 43.5 Å². The lowest BCUT2D eigenvalue weighted by molar-refractivity contribution is -0.117. The van der Waals surface area contributed by atoms with Crippen molar-refractivity contribution in [2.24, 2.45) is 10.7 Å². The van der Waals surface area contributed by atoms with Gasteiger partial charge in [-0.25, -0.2) is 9.38 Å². The van der Waals surface area contributed by atoms with Crippen LogP contribution in [0.3, 0.4) is 0 Å². The molecule has 1 aliphatic heterocycles. The van der Waals surface area contributed by atoms with Crippen LogP contribution in [0.15, 0.2) is 35.5 Å². The molecular formula is C21H20F3N5O. The second-order valence-electron chi connectivity index (χ2n) is 7.68. The number of nitrogens with one attached hydrogen (secondary N) is 1. The first-order valence-corrected chi connectivity index (χ1v) is 9.55. The van der Waals surface area contributed by atoms with E-state index in [1.807, 2.05) is 6.07 Å². The average Bonchev–Trinajstić information content (AvgIpc) is 2.72. The summed E-state index contributed by atoms with van der Waals surface area (Å²) in [5.74, 6) is -4.25.